The van der Waals surface area contributed by atoms with E-state index < -0.39 is 39.4 Å². The molecule has 1 saturated heterocycles. The lowest BCUT2D eigenvalue weighted by atomic mass is 10.0. The molecule has 1 N–H and O–H groups in total. The van der Waals surface area contributed by atoms with Crippen LogP contribution in [0.4, 0.5) is 13.2 Å². The van der Waals surface area contributed by atoms with Crippen LogP contribution in [-0.2, 0) is 29.1 Å². The van der Waals surface area contributed by atoms with Crippen LogP contribution < -0.4 is 11.2 Å². The topological polar surface area (TPSA) is 95.5 Å². The Morgan fingerprint density at radius 1 is 1.11 bits per heavy atom. The van der Waals surface area contributed by atoms with Gasteiger partial charge in [-0.1, -0.05) is 18.5 Å². The summed E-state index contributed by atoms with van der Waals surface area (Å²) in [5.74, 6) is -0.228. The molecule has 0 radical (unpaired) electrons. The first-order chi connectivity index (χ1) is 17.7. The molecule has 2 heterocycles. The molecule has 206 valence electrons. The molecule has 0 saturated carbocycles. The smallest absolute Gasteiger partial charge is 0.307 e. The van der Waals surface area contributed by atoms with Gasteiger partial charge < -0.3 is 9.88 Å². The monoisotopic (exact) mass is 572 g/mol. The van der Waals surface area contributed by atoms with Gasteiger partial charge in [-0.3, -0.25) is 14.3 Å². The van der Waals surface area contributed by atoms with Gasteiger partial charge in [0.2, 0.25) is 0 Å². The Balaban J connectivity index is 1.81. The van der Waals surface area contributed by atoms with Crippen molar-refractivity contribution < 1.29 is 21.6 Å². The second kappa shape index (κ2) is 10.5. The predicted molar refractivity (Wildman–Crippen MR) is 139 cm³/mol. The maximum atomic E-state index is 14.1. The molecular weight excluding hydrogens is 545 g/mol. The number of likely N-dealkylation sites (tertiary alicyclic amines) is 1. The number of halogens is 4. The minimum Gasteiger partial charge on any atom is -0.307 e. The molecule has 0 aliphatic carbocycles. The van der Waals surface area contributed by atoms with Crippen molar-refractivity contribution in [2.75, 3.05) is 32.9 Å². The standard InChI is InChI=1S/C25H28ClF3N4O4S/c1-4-38(36,37)22-6-5-17(26)9-16(22)13-33-23(34)19-11-20(25(27,28)29)15(10-21(19)30-24(33)35)12-32-8-7-18(14-32)31(2)3/h5-6,9-11,18H,4,7-8,12-14H2,1-3H3,(H,30,35). The third-order valence-corrected chi connectivity index (χ3v) is 9.01. The van der Waals surface area contributed by atoms with E-state index in [0.717, 1.165) is 12.5 Å². The van der Waals surface area contributed by atoms with E-state index >= 15 is 0 Å². The Morgan fingerprint density at radius 3 is 2.42 bits per heavy atom. The maximum absolute atomic E-state index is 14.1. The van der Waals surface area contributed by atoms with Crippen LogP contribution in [0, 0.1) is 0 Å². The average molecular weight is 573 g/mol. The largest absolute Gasteiger partial charge is 0.416 e. The summed E-state index contributed by atoms with van der Waals surface area (Å²) in [6, 6.07) is 6.18. The first-order valence-corrected chi connectivity index (χ1v) is 14.0. The van der Waals surface area contributed by atoms with Gasteiger partial charge >= 0.3 is 11.9 Å². The van der Waals surface area contributed by atoms with Crippen molar-refractivity contribution in [1.82, 2.24) is 19.4 Å². The summed E-state index contributed by atoms with van der Waals surface area (Å²) in [5, 5.41) is -0.141. The minimum atomic E-state index is -4.73. The van der Waals surface area contributed by atoms with E-state index in [9.17, 15) is 31.2 Å². The normalized spacial score (nSPS) is 17.1. The van der Waals surface area contributed by atoms with E-state index in [4.69, 9.17) is 11.6 Å². The molecule has 0 amide bonds. The lowest BCUT2D eigenvalue weighted by Gasteiger charge is -2.22. The van der Waals surface area contributed by atoms with E-state index in [1.54, 1.807) is 0 Å². The van der Waals surface area contributed by atoms with Crippen LogP contribution in [0.2, 0.25) is 5.02 Å². The quantitative estimate of drug-likeness (QED) is 0.467. The highest BCUT2D eigenvalue weighted by Gasteiger charge is 2.35. The first kappa shape index (κ1) is 28.3. The zero-order valence-electron chi connectivity index (χ0n) is 21.1. The zero-order valence-corrected chi connectivity index (χ0v) is 22.7. The molecule has 1 atom stereocenters. The molecule has 1 aromatic heterocycles. The Morgan fingerprint density at radius 2 is 1.82 bits per heavy atom. The number of hydrogen-bond acceptors (Lipinski definition) is 6. The van der Waals surface area contributed by atoms with Crippen molar-refractivity contribution >= 4 is 32.3 Å². The zero-order chi connectivity index (χ0) is 28.0. The predicted octanol–water partition coefficient (Wildman–Crippen LogP) is 3.34. The Hall–Kier alpha value is -2.67. The van der Waals surface area contributed by atoms with Crippen LogP contribution in [0.1, 0.15) is 30.0 Å². The molecule has 4 rings (SSSR count). The van der Waals surface area contributed by atoms with Gasteiger partial charge in [0.1, 0.15) is 0 Å². The van der Waals surface area contributed by atoms with Crippen LogP contribution in [0.3, 0.4) is 0 Å². The highest BCUT2D eigenvalue weighted by Crippen LogP contribution is 2.35. The molecule has 3 aromatic rings. The van der Waals surface area contributed by atoms with E-state index in [1.807, 2.05) is 23.9 Å². The van der Waals surface area contributed by atoms with Gasteiger partial charge in [0.15, 0.2) is 9.84 Å². The number of nitrogens with zero attached hydrogens (tertiary/aromatic N) is 3. The molecule has 1 unspecified atom stereocenters. The second-order valence-corrected chi connectivity index (χ2v) is 12.4. The van der Waals surface area contributed by atoms with E-state index in [-0.39, 0.29) is 50.3 Å². The maximum Gasteiger partial charge on any atom is 0.416 e. The molecule has 2 aromatic carbocycles. The molecule has 1 fully saturated rings. The average Bonchev–Trinajstić information content (AvgIpc) is 3.29. The van der Waals surface area contributed by atoms with Gasteiger partial charge in [0, 0.05) is 30.7 Å². The lowest BCUT2D eigenvalue weighted by molar-refractivity contribution is -0.138. The van der Waals surface area contributed by atoms with Crippen LogP contribution >= 0.6 is 11.6 Å². The molecule has 1 aliphatic rings. The number of benzene rings is 2. The van der Waals surface area contributed by atoms with Crippen molar-refractivity contribution in [3.63, 3.8) is 0 Å². The van der Waals surface area contributed by atoms with Gasteiger partial charge in [-0.05, 0) is 62.0 Å². The fourth-order valence-corrected chi connectivity index (χ4v) is 6.11. The van der Waals surface area contributed by atoms with Crippen molar-refractivity contribution in [2.24, 2.45) is 0 Å². The number of H-pyrrole nitrogens is 1. The van der Waals surface area contributed by atoms with Crippen LogP contribution in [0.15, 0.2) is 44.8 Å². The molecular formula is C25H28ClF3N4O4S. The van der Waals surface area contributed by atoms with Crippen molar-refractivity contribution in [2.45, 2.75) is 43.5 Å². The molecule has 13 heteroatoms. The molecule has 8 nitrogen and oxygen atoms in total. The van der Waals surface area contributed by atoms with Crippen molar-refractivity contribution in [1.29, 1.82) is 0 Å². The number of hydrogen-bond donors (Lipinski definition) is 1. The summed E-state index contributed by atoms with van der Waals surface area (Å²) in [4.78, 5) is 32.6. The Bertz CT molecular complexity index is 1600. The fourth-order valence-electron chi connectivity index (χ4n) is 4.80. The van der Waals surface area contributed by atoms with Crippen LogP contribution in [0.5, 0.6) is 0 Å². The third kappa shape index (κ3) is 5.68. The third-order valence-electron chi connectivity index (χ3n) is 6.95. The van der Waals surface area contributed by atoms with Gasteiger partial charge in [-0.25, -0.2) is 13.2 Å². The lowest BCUT2D eigenvalue weighted by Crippen LogP contribution is -2.36. The van der Waals surface area contributed by atoms with E-state index in [0.29, 0.717) is 17.7 Å². The van der Waals surface area contributed by atoms with Crippen molar-refractivity contribution in [3.8, 4) is 0 Å². The number of aromatic amines is 1. The number of rotatable bonds is 7. The molecule has 0 spiro atoms. The molecule has 1 aliphatic heterocycles. The fraction of sp³-hybridized carbons (Fsp3) is 0.440. The summed E-state index contributed by atoms with van der Waals surface area (Å²) in [5.41, 5.74) is -2.76. The number of alkyl halides is 3. The second-order valence-electron chi connectivity index (χ2n) is 9.67. The van der Waals surface area contributed by atoms with Gasteiger partial charge in [-0.2, -0.15) is 13.2 Å². The highest BCUT2D eigenvalue weighted by molar-refractivity contribution is 7.91. The van der Waals surface area contributed by atoms with Crippen LogP contribution in [0.25, 0.3) is 10.9 Å². The molecule has 0 bridgehead atoms. The van der Waals surface area contributed by atoms with Crippen LogP contribution in [-0.4, -0.2) is 66.7 Å². The number of sulfone groups is 1. The van der Waals surface area contributed by atoms with Crippen molar-refractivity contribution in [3.05, 3.63) is 72.9 Å². The molecule has 38 heavy (non-hydrogen) atoms. The number of likely N-dealkylation sites (N-methyl/N-ethyl adjacent to an activating group) is 1. The SMILES string of the molecule is CCS(=O)(=O)c1ccc(Cl)cc1Cn1c(=O)[nH]c2cc(CN3CCC(N(C)C)C3)c(C(F)(F)F)cc2c1=O. The van der Waals surface area contributed by atoms with Gasteiger partial charge in [0.25, 0.3) is 5.56 Å². The Labute approximate surface area is 222 Å². The first-order valence-electron chi connectivity index (χ1n) is 12.0. The minimum absolute atomic E-state index is 0.0149. The van der Waals surface area contributed by atoms with Gasteiger partial charge in [0.05, 0.1) is 33.7 Å². The number of fused-ring (bicyclic) bond motifs is 1. The highest BCUT2D eigenvalue weighted by atomic mass is 35.5. The van der Waals surface area contributed by atoms with E-state index in [1.165, 1.54) is 31.2 Å². The number of aromatic nitrogens is 2. The van der Waals surface area contributed by atoms with E-state index in [2.05, 4.69) is 4.98 Å². The number of nitrogens with one attached hydrogen (secondary N) is 1. The summed E-state index contributed by atoms with van der Waals surface area (Å²) in [7, 11) is 0.114. The summed E-state index contributed by atoms with van der Waals surface area (Å²) in [6.07, 6.45) is -3.91. The summed E-state index contributed by atoms with van der Waals surface area (Å²) >= 11 is 6.04. The Kier molecular flexibility index (Phi) is 7.81. The summed E-state index contributed by atoms with van der Waals surface area (Å²) < 4.78 is 68.1. The van der Waals surface area contributed by atoms with Gasteiger partial charge in [-0.15, -0.1) is 0 Å². The summed E-state index contributed by atoms with van der Waals surface area (Å²) in [6.45, 7) is 2.20.